The fourth-order valence-corrected chi connectivity index (χ4v) is 2.34. The SMILES string of the molecule is CN(CC1CC(N)C1)c1cncc2nnnn12. The molecule has 0 aromatic carbocycles. The highest BCUT2D eigenvalue weighted by molar-refractivity contribution is 5.45. The van der Waals surface area contributed by atoms with Crippen LogP contribution in [0, 0.1) is 5.92 Å². The van der Waals surface area contributed by atoms with Crippen LogP contribution in [0.15, 0.2) is 12.4 Å². The number of hydrogen-bond acceptors (Lipinski definition) is 6. The molecule has 7 nitrogen and oxygen atoms in total. The normalized spacial score (nSPS) is 23.6. The molecule has 1 aliphatic carbocycles. The van der Waals surface area contributed by atoms with E-state index in [0.717, 1.165) is 25.2 Å². The highest BCUT2D eigenvalue weighted by Crippen LogP contribution is 2.27. The van der Waals surface area contributed by atoms with E-state index in [1.807, 2.05) is 7.05 Å². The van der Waals surface area contributed by atoms with Crippen LogP contribution in [0.4, 0.5) is 5.82 Å². The van der Waals surface area contributed by atoms with E-state index < -0.39 is 0 Å². The summed E-state index contributed by atoms with van der Waals surface area (Å²) in [4.78, 5) is 6.27. The minimum Gasteiger partial charge on any atom is -0.358 e. The molecule has 0 radical (unpaired) electrons. The van der Waals surface area contributed by atoms with Crippen LogP contribution in [-0.4, -0.2) is 44.7 Å². The Morgan fingerprint density at radius 3 is 3.06 bits per heavy atom. The van der Waals surface area contributed by atoms with Crippen molar-refractivity contribution in [1.29, 1.82) is 0 Å². The lowest BCUT2D eigenvalue weighted by Gasteiger charge is -2.35. The molecule has 2 aromatic rings. The Morgan fingerprint density at radius 1 is 1.47 bits per heavy atom. The number of anilines is 1. The molecule has 0 aliphatic heterocycles. The van der Waals surface area contributed by atoms with E-state index in [1.54, 1.807) is 16.9 Å². The summed E-state index contributed by atoms with van der Waals surface area (Å²) < 4.78 is 1.70. The quantitative estimate of drug-likeness (QED) is 0.783. The van der Waals surface area contributed by atoms with E-state index in [-0.39, 0.29) is 0 Å². The molecule has 1 aliphatic rings. The minimum atomic E-state index is 0.385. The lowest BCUT2D eigenvalue weighted by molar-refractivity contribution is 0.270. The van der Waals surface area contributed by atoms with Crippen LogP contribution in [0.5, 0.6) is 0 Å². The van der Waals surface area contributed by atoms with Crippen LogP contribution in [-0.2, 0) is 0 Å². The van der Waals surface area contributed by atoms with Gasteiger partial charge in [-0.25, -0.2) is 0 Å². The summed E-state index contributed by atoms with van der Waals surface area (Å²) in [5.74, 6) is 1.58. The average Bonchev–Trinajstić information content (AvgIpc) is 2.74. The molecule has 1 fully saturated rings. The Hall–Kier alpha value is -1.76. The van der Waals surface area contributed by atoms with Gasteiger partial charge in [0.15, 0.2) is 11.5 Å². The molecule has 0 unspecified atom stereocenters. The van der Waals surface area contributed by atoms with Crippen LogP contribution in [0.1, 0.15) is 12.8 Å². The maximum atomic E-state index is 5.79. The van der Waals surface area contributed by atoms with E-state index in [9.17, 15) is 0 Å². The molecule has 2 heterocycles. The molecule has 0 amide bonds. The van der Waals surface area contributed by atoms with Crippen molar-refractivity contribution in [2.24, 2.45) is 11.7 Å². The van der Waals surface area contributed by atoms with Crippen molar-refractivity contribution in [2.75, 3.05) is 18.5 Å². The number of tetrazole rings is 1. The number of hydrogen-bond donors (Lipinski definition) is 1. The van der Waals surface area contributed by atoms with Gasteiger partial charge in [0.05, 0.1) is 12.4 Å². The topological polar surface area (TPSA) is 85.2 Å². The lowest BCUT2D eigenvalue weighted by atomic mass is 9.81. The average molecular weight is 233 g/mol. The standard InChI is InChI=1S/C10H15N7/c1-16(6-7-2-8(11)3-7)10-5-12-4-9-13-14-15-17(9)10/h4-5,7-8H,2-3,6,11H2,1H3. The van der Waals surface area contributed by atoms with Crippen molar-refractivity contribution in [3.05, 3.63) is 12.4 Å². The van der Waals surface area contributed by atoms with Crippen LogP contribution >= 0.6 is 0 Å². The molecule has 2 aromatic heterocycles. The molecule has 1 saturated carbocycles. The Labute approximate surface area is 98.6 Å². The largest absolute Gasteiger partial charge is 0.358 e. The first-order chi connectivity index (χ1) is 8.24. The third kappa shape index (κ3) is 1.82. The summed E-state index contributed by atoms with van der Waals surface area (Å²) in [6, 6.07) is 0.385. The van der Waals surface area contributed by atoms with Gasteiger partial charge in [0, 0.05) is 19.6 Å². The van der Waals surface area contributed by atoms with E-state index >= 15 is 0 Å². The number of nitrogens with two attached hydrogens (primary N) is 1. The Kier molecular flexibility index (Phi) is 2.40. The van der Waals surface area contributed by atoms with Gasteiger partial charge >= 0.3 is 0 Å². The first-order valence-corrected chi connectivity index (χ1v) is 5.73. The second-order valence-corrected chi connectivity index (χ2v) is 4.69. The molecule has 17 heavy (non-hydrogen) atoms. The number of fused-ring (bicyclic) bond motifs is 1. The molecular formula is C10H15N7. The number of aromatic nitrogens is 5. The fourth-order valence-electron chi connectivity index (χ4n) is 2.34. The van der Waals surface area contributed by atoms with Crippen molar-refractivity contribution in [3.63, 3.8) is 0 Å². The van der Waals surface area contributed by atoms with E-state index in [0.29, 0.717) is 17.6 Å². The van der Waals surface area contributed by atoms with Gasteiger partial charge < -0.3 is 10.6 Å². The third-order valence-electron chi connectivity index (χ3n) is 3.29. The van der Waals surface area contributed by atoms with E-state index in [2.05, 4.69) is 25.4 Å². The molecule has 2 N–H and O–H groups in total. The third-order valence-corrected chi connectivity index (χ3v) is 3.29. The smallest absolute Gasteiger partial charge is 0.199 e. The summed E-state index contributed by atoms with van der Waals surface area (Å²) >= 11 is 0. The Morgan fingerprint density at radius 2 is 2.29 bits per heavy atom. The molecule has 0 bridgehead atoms. The van der Waals surface area contributed by atoms with Crippen molar-refractivity contribution >= 4 is 11.5 Å². The monoisotopic (exact) mass is 233 g/mol. The lowest BCUT2D eigenvalue weighted by Crippen LogP contribution is -2.42. The van der Waals surface area contributed by atoms with Crippen molar-refractivity contribution < 1.29 is 0 Å². The Balaban J connectivity index is 1.80. The maximum Gasteiger partial charge on any atom is 0.199 e. The molecule has 7 heteroatoms. The maximum absolute atomic E-state index is 5.79. The van der Waals surface area contributed by atoms with Crippen LogP contribution in [0.2, 0.25) is 0 Å². The highest BCUT2D eigenvalue weighted by atomic mass is 15.5. The number of nitrogens with zero attached hydrogens (tertiary/aromatic N) is 6. The van der Waals surface area contributed by atoms with Gasteiger partial charge in [-0.05, 0) is 29.2 Å². The second-order valence-electron chi connectivity index (χ2n) is 4.69. The van der Waals surface area contributed by atoms with E-state index in [1.165, 1.54) is 0 Å². The second kappa shape index (κ2) is 3.92. The summed E-state index contributed by atoms with van der Waals surface area (Å²) in [6.45, 7) is 0.967. The van der Waals surface area contributed by atoms with Crippen molar-refractivity contribution in [3.8, 4) is 0 Å². The molecule has 3 rings (SSSR count). The zero-order valence-corrected chi connectivity index (χ0v) is 9.69. The van der Waals surface area contributed by atoms with E-state index in [4.69, 9.17) is 5.73 Å². The fraction of sp³-hybridized carbons (Fsp3) is 0.600. The minimum absolute atomic E-state index is 0.385. The van der Waals surface area contributed by atoms with Gasteiger partial charge in [0.2, 0.25) is 0 Å². The zero-order chi connectivity index (χ0) is 11.8. The van der Waals surface area contributed by atoms with Gasteiger partial charge in [-0.2, -0.15) is 4.52 Å². The summed E-state index contributed by atoms with van der Waals surface area (Å²) in [7, 11) is 2.03. The van der Waals surface area contributed by atoms with Crippen LogP contribution in [0.25, 0.3) is 5.65 Å². The predicted octanol–water partition coefficient (Wildman–Crippen LogP) is -0.307. The first-order valence-electron chi connectivity index (χ1n) is 5.73. The Bertz CT molecular complexity index is 516. The molecule has 90 valence electrons. The van der Waals surface area contributed by atoms with Crippen molar-refractivity contribution in [2.45, 2.75) is 18.9 Å². The first kappa shape index (κ1) is 10.4. The van der Waals surface area contributed by atoms with Crippen LogP contribution in [0.3, 0.4) is 0 Å². The predicted molar refractivity (Wildman–Crippen MR) is 62.5 cm³/mol. The highest BCUT2D eigenvalue weighted by Gasteiger charge is 2.27. The summed E-state index contributed by atoms with van der Waals surface area (Å²) in [5.41, 5.74) is 6.46. The van der Waals surface area contributed by atoms with Gasteiger partial charge in [0.1, 0.15) is 0 Å². The van der Waals surface area contributed by atoms with Crippen LogP contribution < -0.4 is 10.6 Å². The van der Waals surface area contributed by atoms with Gasteiger partial charge in [-0.1, -0.05) is 0 Å². The molecule has 0 saturated heterocycles. The number of rotatable bonds is 3. The summed E-state index contributed by atoms with van der Waals surface area (Å²) in [6.07, 6.45) is 5.63. The molecule has 0 atom stereocenters. The van der Waals surface area contributed by atoms with Gasteiger partial charge in [0.25, 0.3) is 0 Å². The molecular weight excluding hydrogens is 218 g/mol. The molecule has 0 spiro atoms. The van der Waals surface area contributed by atoms with Crippen molar-refractivity contribution in [1.82, 2.24) is 25.0 Å². The van der Waals surface area contributed by atoms with Gasteiger partial charge in [-0.15, -0.1) is 5.10 Å². The zero-order valence-electron chi connectivity index (χ0n) is 9.69. The van der Waals surface area contributed by atoms with Gasteiger partial charge in [-0.3, -0.25) is 4.98 Å². The summed E-state index contributed by atoms with van der Waals surface area (Å²) in [5, 5.41) is 11.5.